The number of carbonyl (C=O) groups is 1. The van der Waals surface area contributed by atoms with Crippen LogP contribution in [0.25, 0.3) is 0 Å². The molecule has 0 bridgehead atoms. The predicted molar refractivity (Wildman–Crippen MR) is 86.2 cm³/mol. The monoisotopic (exact) mass is 300 g/mol. The molecule has 116 valence electrons. The first-order valence-corrected chi connectivity index (χ1v) is 7.19. The fourth-order valence-corrected chi connectivity index (χ4v) is 1.92. The lowest BCUT2D eigenvalue weighted by molar-refractivity contribution is 0.0518. The molecule has 5 heteroatoms. The smallest absolute Gasteiger partial charge is 0.340 e. The standard InChI is InChI=1S/C17H20N2O3/c18-10-12-22-17(20)15-8-4-5-9-16(15)19-11-13-21-14-6-2-1-3-7-14/h1-9,19H,10-13,18H2. The number of hydrogen-bond donors (Lipinski definition) is 2. The Morgan fingerprint density at radius 3 is 2.50 bits per heavy atom. The van der Waals surface area contributed by atoms with E-state index in [2.05, 4.69) is 5.32 Å². The van der Waals surface area contributed by atoms with Gasteiger partial charge in [-0.15, -0.1) is 0 Å². The van der Waals surface area contributed by atoms with Gasteiger partial charge in [0.05, 0.1) is 5.56 Å². The third-order valence-corrected chi connectivity index (χ3v) is 2.93. The second-order valence-corrected chi connectivity index (χ2v) is 4.56. The summed E-state index contributed by atoms with van der Waals surface area (Å²) >= 11 is 0. The van der Waals surface area contributed by atoms with Crippen molar-refractivity contribution < 1.29 is 14.3 Å². The molecule has 0 heterocycles. The first-order valence-electron chi connectivity index (χ1n) is 7.19. The lowest BCUT2D eigenvalue weighted by atomic mass is 10.2. The SMILES string of the molecule is NCCOC(=O)c1ccccc1NCCOc1ccccc1. The molecule has 0 saturated heterocycles. The molecular weight excluding hydrogens is 280 g/mol. The van der Waals surface area contributed by atoms with Crippen molar-refractivity contribution in [3.63, 3.8) is 0 Å². The van der Waals surface area contributed by atoms with Gasteiger partial charge in [-0.2, -0.15) is 0 Å². The Hall–Kier alpha value is -2.53. The highest BCUT2D eigenvalue weighted by molar-refractivity contribution is 5.95. The van der Waals surface area contributed by atoms with Crippen molar-refractivity contribution in [3.8, 4) is 5.75 Å². The minimum Gasteiger partial charge on any atom is -0.492 e. The van der Waals surface area contributed by atoms with Gasteiger partial charge in [0.15, 0.2) is 0 Å². The van der Waals surface area contributed by atoms with E-state index in [0.717, 1.165) is 11.4 Å². The van der Waals surface area contributed by atoms with Crippen LogP contribution in [0.15, 0.2) is 54.6 Å². The third-order valence-electron chi connectivity index (χ3n) is 2.93. The van der Waals surface area contributed by atoms with E-state index in [9.17, 15) is 4.79 Å². The predicted octanol–water partition coefficient (Wildman–Crippen LogP) is 2.29. The molecule has 0 aliphatic rings. The fourth-order valence-electron chi connectivity index (χ4n) is 1.92. The zero-order valence-electron chi connectivity index (χ0n) is 12.3. The average molecular weight is 300 g/mol. The summed E-state index contributed by atoms with van der Waals surface area (Å²) in [6, 6.07) is 16.8. The molecule has 0 radical (unpaired) electrons. The zero-order valence-corrected chi connectivity index (χ0v) is 12.3. The van der Waals surface area contributed by atoms with Gasteiger partial charge in [-0.1, -0.05) is 30.3 Å². The number of carbonyl (C=O) groups excluding carboxylic acids is 1. The van der Waals surface area contributed by atoms with Crippen molar-refractivity contribution in [1.82, 2.24) is 0 Å². The number of benzene rings is 2. The van der Waals surface area contributed by atoms with Crippen LogP contribution in [0, 0.1) is 0 Å². The molecule has 2 rings (SSSR count). The van der Waals surface area contributed by atoms with E-state index in [1.807, 2.05) is 42.5 Å². The molecule has 2 aromatic rings. The number of rotatable bonds is 8. The van der Waals surface area contributed by atoms with Crippen molar-refractivity contribution in [2.75, 3.05) is 31.6 Å². The van der Waals surface area contributed by atoms with Crippen LogP contribution in [-0.4, -0.2) is 32.3 Å². The van der Waals surface area contributed by atoms with E-state index in [0.29, 0.717) is 25.3 Å². The normalized spacial score (nSPS) is 10.0. The minimum absolute atomic E-state index is 0.213. The Labute approximate surface area is 130 Å². The van der Waals surface area contributed by atoms with Gasteiger partial charge in [-0.05, 0) is 24.3 Å². The van der Waals surface area contributed by atoms with E-state index >= 15 is 0 Å². The third kappa shape index (κ3) is 4.79. The van der Waals surface area contributed by atoms with Crippen molar-refractivity contribution >= 4 is 11.7 Å². The van der Waals surface area contributed by atoms with Crippen LogP contribution < -0.4 is 15.8 Å². The summed E-state index contributed by atoms with van der Waals surface area (Å²) in [4.78, 5) is 11.9. The summed E-state index contributed by atoms with van der Waals surface area (Å²) in [6.07, 6.45) is 0. The molecule has 0 aliphatic carbocycles. The summed E-state index contributed by atoms with van der Waals surface area (Å²) in [5.41, 5.74) is 6.56. The van der Waals surface area contributed by atoms with Crippen LogP contribution in [0.4, 0.5) is 5.69 Å². The number of nitrogens with two attached hydrogens (primary N) is 1. The topological polar surface area (TPSA) is 73.6 Å². The Bertz CT molecular complexity index is 587. The summed E-state index contributed by atoms with van der Waals surface area (Å²) in [7, 11) is 0. The average Bonchev–Trinajstić information content (AvgIpc) is 2.58. The maximum absolute atomic E-state index is 11.9. The fraction of sp³-hybridized carbons (Fsp3) is 0.235. The van der Waals surface area contributed by atoms with Crippen LogP contribution in [0.5, 0.6) is 5.75 Å². The quantitative estimate of drug-likeness (QED) is 0.578. The highest BCUT2D eigenvalue weighted by Crippen LogP contribution is 2.16. The van der Waals surface area contributed by atoms with E-state index in [1.54, 1.807) is 12.1 Å². The largest absolute Gasteiger partial charge is 0.492 e. The summed E-state index contributed by atoms with van der Waals surface area (Å²) in [5.74, 6) is 0.442. The molecule has 0 aliphatic heterocycles. The van der Waals surface area contributed by atoms with Gasteiger partial charge in [0.1, 0.15) is 19.0 Å². The molecule has 5 nitrogen and oxygen atoms in total. The molecule has 0 amide bonds. The highest BCUT2D eigenvalue weighted by atomic mass is 16.5. The van der Waals surface area contributed by atoms with Crippen LogP contribution in [0.3, 0.4) is 0 Å². The van der Waals surface area contributed by atoms with Crippen LogP contribution in [0.2, 0.25) is 0 Å². The Morgan fingerprint density at radius 2 is 1.73 bits per heavy atom. The van der Waals surface area contributed by atoms with E-state index in [1.165, 1.54) is 0 Å². The first-order chi connectivity index (χ1) is 10.8. The number of hydrogen-bond acceptors (Lipinski definition) is 5. The lowest BCUT2D eigenvalue weighted by Gasteiger charge is -2.12. The van der Waals surface area contributed by atoms with Crippen molar-refractivity contribution in [2.45, 2.75) is 0 Å². The van der Waals surface area contributed by atoms with E-state index in [4.69, 9.17) is 15.2 Å². The summed E-state index contributed by atoms with van der Waals surface area (Å²) < 4.78 is 10.7. The number of anilines is 1. The van der Waals surface area contributed by atoms with Crippen LogP contribution in [-0.2, 0) is 4.74 Å². The van der Waals surface area contributed by atoms with Gasteiger partial charge in [0.25, 0.3) is 0 Å². The minimum atomic E-state index is -0.377. The van der Waals surface area contributed by atoms with Crippen LogP contribution in [0.1, 0.15) is 10.4 Å². The Kier molecular flexibility index (Phi) is 6.26. The number of nitrogens with one attached hydrogen (secondary N) is 1. The zero-order chi connectivity index (χ0) is 15.6. The molecule has 0 aromatic heterocycles. The number of esters is 1. The summed E-state index contributed by atoms with van der Waals surface area (Å²) in [6.45, 7) is 1.60. The number of ether oxygens (including phenoxy) is 2. The molecule has 22 heavy (non-hydrogen) atoms. The number of para-hydroxylation sites is 2. The summed E-state index contributed by atoms with van der Waals surface area (Å²) in [5, 5.41) is 3.18. The van der Waals surface area contributed by atoms with Crippen LogP contribution >= 0.6 is 0 Å². The second-order valence-electron chi connectivity index (χ2n) is 4.56. The molecule has 0 fully saturated rings. The second kappa shape index (κ2) is 8.69. The molecular formula is C17H20N2O3. The molecule has 0 atom stereocenters. The molecule has 3 N–H and O–H groups in total. The van der Waals surface area contributed by atoms with Crippen molar-refractivity contribution in [1.29, 1.82) is 0 Å². The first kappa shape index (κ1) is 15.9. The molecule has 0 unspecified atom stereocenters. The van der Waals surface area contributed by atoms with Gasteiger partial charge in [0, 0.05) is 18.8 Å². The Balaban J connectivity index is 1.86. The maximum Gasteiger partial charge on any atom is 0.340 e. The molecule has 0 saturated carbocycles. The lowest BCUT2D eigenvalue weighted by Crippen LogP contribution is -2.17. The van der Waals surface area contributed by atoms with Gasteiger partial charge in [-0.3, -0.25) is 0 Å². The van der Waals surface area contributed by atoms with E-state index in [-0.39, 0.29) is 12.6 Å². The van der Waals surface area contributed by atoms with Gasteiger partial charge in [0.2, 0.25) is 0 Å². The molecule has 0 spiro atoms. The molecule has 2 aromatic carbocycles. The highest BCUT2D eigenvalue weighted by Gasteiger charge is 2.11. The van der Waals surface area contributed by atoms with E-state index < -0.39 is 0 Å². The van der Waals surface area contributed by atoms with Gasteiger partial charge in [-0.25, -0.2) is 4.79 Å². The van der Waals surface area contributed by atoms with Crippen molar-refractivity contribution in [3.05, 3.63) is 60.2 Å². The van der Waals surface area contributed by atoms with Gasteiger partial charge < -0.3 is 20.5 Å². The van der Waals surface area contributed by atoms with Gasteiger partial charge >= 0.3 is 5.97 Å². The maximum atomic E-state index is 11.9. The Morgan fingerprint density at radius 1 is 1.00 bits per heavy atom. The van der Waals surface area contributed by atoms with Crippen molar-refractivity contribution in [2.24, 2.45) is 5.73 Å².